The molecule has 0 fully saturated rings. The molecule has 1 rings (SSSR count). The first-order valence-corrected chi connectivity index (χ1v) is 5.97. The molecule has 0 saturated heterocycles. The number of hydrogen-bond donors (Lipinski definition) is 2. The molecular weight excluding hydrogens is 200 g/mol. The molecule has 0 radical (unpaired) electrons. The number of rotatable bonds is 5. The quantitative estimate of drug-likeness (QED) is 0.798. The van der Waals surface area contributed by atoms with Crippen LogP contribution in [-0.4, -0.2) is 10.2 Å². The summed E-state index contributed by atoms with van der Waals surface area (Å²) < 4.78 is 0. The van der Waals surface area contributed by atoms with E-state index in [1.54, 1.807) is 18.2 Å². The average Bonchev–Trinajstić information content (AvgIpc) is 2.29. The van der Waals surface area contributed by atoms with E-state index < -0.39 is 6.10 Å². The van der Waals surface area contributed by atoms with Gasteiger partial charge in [-0.2, -0.15) is 0 Å². The molecule has 0 aromatic heterocycles. The lowest BCUT2D eigenvalue weighted by molar-refractivity contribution is 0.100. The summed E-state index contributed by atoms with van der Waals surface area (Å²) in [6.45, 7) is 6.50. The Morgan fingerprint density at radius 3 is 2.38 bits per heavy atom. The van der Waals surface area contributed by atoms with Crippen molar-refractivity contribution in [1.82, 2.24) is 0 Å². The molecule has 1 unspecified atom stereocenters. The maximum absolute atomic E-state index is 10.1. The zero-order valence-corrected chi connectivity index (χ0v) is 10.4. The molecule has 0 saturated carbocycles. The third-order valence-corrected chi connectivity index (χ3v) is 3.65. The SMILES string of the molecule is CCC(C)(CC)CC(O)c1cccc(O)c1. The highest BCUT2D eigenvalue weighted by atomic mass is 16.3. The molecular formula is C14H22O2. The molecule has 0 spiro atoms. The molecule has 1 atom stereocenters. The molecule has 1 aromatic rings. The number of benzene rings is 1. The Labute approximate surface area is 97.9 Å². The maximum Gasteiger partial charge on any atom is 0.115 e. The zero-order valence-electron chi connectivity index (χ0n) is 10.4. The van der Waals surface area contributed by atoms with Crippen LogP contribution in [0.3, 0.4) is 0 Å². The topological polar surface area (TPSA) is 40.5 Å². The fraction of sp³-hybridized carbons (Fsp3) is 0.571. The molecule has 0 aliphatic rings. The van der Waals surface area contributed by atoms with Crippen molar-refractivity contribution < 1.29 is 10.2 Å². The summed E-state index contributed by atoms with van der Waals surface area (Å²) in [6, 6.07) is 6.88. The maximum atomic E-state index is 10.1. The van der Waals surface area contributed by atoms with Crippen LogP contribution in [0.5, 0.6) is 5.75 Å². The van der Waals surface area contributed by atoms with E-state index in [2.05, 4.69) is 20.8 Å². The minimum atomic E-state index is -0.489. The minimum absolute atomic E-state index is 0.172. The summed E-state index contributed by atoms with van der Waals surface area (Å²) in [5.41, 5.74) is 0.971. The Balaban J connectivity index is 2.75. The van der Waals surface area contributed by atoms with E-state index in [-0.39, 0.29) is 11.2 Å². The molecule has 2 nitrogen and oxygen atoms in total. The number of aromatic hydroxyl groups is 1. The van der Waals surface area contributed by atoms with E-state index in [1.165, 1.54) is 0 Å². The third-order valence-electron chi connectivity index (χ3n) is 3.65. The van der Waals surface area contributed by atoms with Gasteiger partial charge in [-0.1, -0.05) is 45.7 Å². The highest BCUT2D eigenvalue weighted by molar-refractivity contribution is 5.28. The van der Waals surface area contributed by atoms with Crippen molar-refractivity contribution in [3.05, 3.63) is 29.8 Å². The van der Waals surface area contributed by atoms with Gasteiger partial charge < -0.3 is 10.2 Å². The first-order chi connectivity index (χ1) is 7.50. The summed E-state index contributed by atoms with van der Waals surface area (Å²) >= 11 is 0. The Bertz CT molecular complexity index is 329. The first kappa shape index (κ1) is 13.0. The van der Waals surface area contributed by atoms with Crippen LogP contribution in [0.25, 0.3) is 0 Å². The Morgan fingerprint density at radius 1 is 1.25 bits per heavy atom. The van der Waals surface area contributed by atoms with E-state index in [0.29, 0.717) is 0 Å². The number of aliphatic hydroxyl groups excluding tert-OH is 1. The summed E-state index contributed by atoms with van der Waals surface area (Å²) in [6.07, 6.45) is 2.36. The second kappa shape index (κ2) is 5.35. The standard InChI is InChI=1S/C14H22O2/c1-4-14(3,5-2)10-13(16)11-7-6-8-12(15)9-11/h6-9,13,15-16H,4-5,10H2,1-3H3. The molecule has 90 valence electrons. The lowest BCUT2D eigenvalue weighted by atomic mass is 9.78. The van der Waals surface area contributed by atoms with Gasteiger partial charge in [-0.25, -0.2) is 0 Å². The van der Waals surface area contributed by atoms with Crippen molar-refractivity contribution in [3.63, 3.8) is 0 Å². The molecule has 2 N–H and O–H groups in total. The van der Waals surface area contributed by atoms with Gasteiger partial charge in [0.2, 0.25) is 0 Å². The number of hydrogen-bond acceptors (Lipinski definition) is 2. The van der Waals surface area contributed by atoms with Crippen LogP contribution in [0, 0.1) is 5.41 Å². The normalized spacial score (nSPS) is 13.8. The van der Waals surface area contributed by atoms with Crippen LogP contribution in [0.4, 0.5) is 0 Å². The van der Waals surface area contributed by atoms with Gasteiger partial charge in [0, 0.05) is 0 Å². The minimum Gasteiger partial charge on any atom is -0.508 e. The molecule has 0 bridgehead atoms. The monoisotopic (exact) mass is 222 g/mol. The third kappa shape index (κ3) is 3.24. The molecule has 0 aliphatic carbocycles. The van der Waals surface area contributed by atoms with Gasteiger partial charge in [0.15, 0.2) is 0 Å². The van der Waals surface area contributed by atoms with Gasteiger partial charge >= 0.3 is 0 Å². The van der Waals surface area contributed by atoms with Crippen molar-refractivity contribution in [2.45, 2.75) is 46.1 Å². The molecule has 16 heavy (non-hydrogen) atoms. The van der Waals surface area contributed by atoms with Crippen LogP contribution in [0.1, 0.15) is 51.7 Å². The summed E-state index contributed by atoms with van der Waals surface area (Å²) in [7, 11) is 0. The second-order valence-corrected chi connectivity index (χ2v) is 4.83. The molecule has 0 heterocycles. The van der Waals surface area contributed by atoms with Crippen LogP contribution >= 0.6 is 0 Å². The lowest BCUT2D eigenvalue weighted by Crippen LogP contribution is -2.18. The van der Waals surface area contributed by atoms with Gasteiger partial charge in [0.1, 0.15) is 5.75 Å². The highest BCUT2D eigenvalue weighted by Crippen LogP contribution is 2.36. The Kier molecular flexibility index (Phi) is 4.36. The first-order valence-electron chi connectivity index (χ1n) is 5.97. The van der Waals surface area contributed by atoms with Crippen molar-refractivity contribution in [2.75, 3.05) is 0 Å². The van der Waals surface area contributed by atoms with E-state index in [9.17, 15) is 10.2 Å². The van der Waals surface area contributed by atoms with E-state index >= 15 is 0 Å². The average molecular weight is 222 g/mol. The van der Waals surface area contributed by atoms with Crippen molar-refractivity contribution >= 4 is 0 Å². The Morgan fingerprint density at radius 2 is 1.88 bits per heavy atom. The van der Waals surface area contributed by atoms with E-state index in [4.69, 9.17) is 0 Å². The van der Waals surface area contributed by atoms with E-state index in [1.807, 2.05) is 6.07 Å². The van der Waals surface area contributed by atoms with Crippen molar-refractivity contribution in [3.8, 4) is 5.75 Å². The van der Waals surface area contributed by atoms with Crippen LogP contribution in [0.2, 0.25) is 0 Å². The smallest absolute Gasteiger partial charge is 0.115 e. The second-order valence-electron chi connectivity index (χ2n) is 4.83. The zero-order chi connectivity index (χ0) is 12.2. The van der Waals surface area contributed by atoms with Gasteiger partial charge in [-0.3, -0.25) is 0 Å². The molecule has 1 aromatic carbocycles. The molecule has 2 heteroatoms. The van der Waals surface area contributed by atoms with Gasteiger partial charge in [0.25, 0.3) is 0 Å². The highest BCUT2D eigenvalue weighted by Gasteiger charge is 2.24. The number of aliphatic hydroxyl groups is 1. The fourth-order valence-corrected chi connectivity index (χ4v) is 1.86. The number of phenols is 1. The molecule has 0 aliphatic heterocycles. The van der Waals surface area contributed by atoms with Crippen molar-refractivity contribution in [1.29, 1.82) is 0 Å². The predicted octanol–water partition coefficient (Wildman–Crippen LogP) is 3.64. The largest absolute Gasteiger partial charge is 0.508 e. The van der Waals surface area contributed by atoms with Crippen molar-refractivity contribution in [2.24, 2.45) is 5.41 Å². The van der Waals surface area contributed by atoms with Gasteiger partial charge in [0.05, 0.1) is 6.10 Å². The summed E-state index contributed by atoms with van der Waals surface area (Å²) in [4.78, 5) is 0. The fourth-order valence-electron chi connectivity index (χ4n) is 1.86. The molecule has 0 amide bonds. The van der Waals surface area contributed by atoms with Gasteiger partial charge in [-0.05, 0) is 29.5 Å². The summed E-state index contributed by atoms with van der Waals surface area (Å²) in [5.74, 6) is 0.214. The predicted molar refractivity (Wildman–Crippen MR) is 66.4 cm³/mol. The number of phenolic OH excluding ortho intramolecular Hbond substituents is 1. The van der Waals surface area contributed by atoms with Crippen LogP contribution in [-0.2, 0) is 0 Å². The van der Waals surface area contributed by atoms with Crippen LogP contribution in [0.15, 0.2) is 24.3 Å². The summed E-state index contributed by atoms with van der Waals surface area (Å²) in [5, 5.41) is 19.5. The Hall–Kier alpha value is -1.02. The lowest BCUT2D eigenvalue weighted by Gasteiger charge is -2.29. The van der Waals surface area contributed by atoms with E-state index in [0.717, 1.165) is 24.8 Å². The van der Waals surface area contributed by atoms with Gasteiger partial charge in [-0.15, -0.1) is 0 Å². The van der Waals surface area contributed by atoms with Crippen LogP contribution < -0.4 is 0 Å².